The van der Waals surface area contributed by atoms with E-state index in [2.05, 4.69) is 5.32 Å². The van der Waals surface area contributed by atoms with Gasteiger partial charge in [0.2, 0.25) is 5.91 Å². The van der Waals surface area contributed by atoms with Crippen LogP contribution < -0.4 is 5.32 Å². The van der Waals surface area contributed by atoms with Crippen molar-refractivity contribution >= 4 is 5.91 Å². The van der Waals surface area contributed by atoms with Crippen molar-refractivity contribution in [3.8, 4) is 0 Å². The molecular formula is C13H24N2O. The third kappa shape index (κ3) is 3.21. The van der Waals surface area contributed by atoms with Crippen molar-refractivity contribution in [1.82, 2.24) is 10.2 Å². The van der Waals surface area contributed by atoms with Gasteiger partial charge < -0.3 is 10.2 Å². The van der Waals surface area contributed by atoms with Crippen LogP contribution in [-0.4, -0.2) is 37.5 Å². The molecule has 3 nitrogen and oxygen atoms in total. The number of amides is 1. The standard InChI is InChI=1S/C13H24N2O/c1-3-15(2)13(16)9-14-8-12(10-4-5-10)11-6-7-11/h10-12,14H,3-9H2,1-2H3. The maximum Gasteiger partial charge on any atom is 0.236 e. The molecule has 16 heavy (non-hydrogen) atoms. The van der Waals surface area contributed by atoms with Crippen molar-refractivity contribution in [2.75, 3.05) is 26.7 Å². The van der Waals surface area contributed by atoms with E-state index in [4.69, 9.17) is 0 Å². The predicted octanol–water partition coefficient (Wildman–Crippen LogP) is 1.49. The Kier molecular flexibility index (Phi) is 3.85. The van der Waals surface area contributed by atoms with E-state index in [1.165, 1.54) is 25.7 Å². The van der Waals surface area contributed by atoms with E-state index in [1.54, 1.807) is 4.90 Å². The minimum atomic E-state index is 0.216. The average molecular weight is 224 g/mol. The third-order valence-corrected chi connectivity index (χ3v) is 4.01. The van der Waals surface area contributed by atoms with E-state index >= 15 is 0 Å². The fourth-order valence-corrected chi connectivity index (χ4v) is 2.42. The van der Waals surface area contributed by atoms with E-state index in [0.717, 1.165) is 30.8 Å². The summed E-state index contributed by atoms with van der Waals surface area (Å²) in [4.78, 5) is 13.4. The van der Waals surface area contributed by atoms with Gasteiger partial charge in [0.15, 0.2) is 0 Å². The van der Waals surface area contributed by atoms with Gasteiger partial charge >= 0.3 is 0 Å². The zero-order chi connectivity index (χ0) is 11.5. The molecule has 2 aliphatic carbocycles. The summed E-state index contributed by atoms with van der Waals surface area (Å²) in [5, 5.41) is 3.35. The van der Waals surface area contributed by atoms with Crippen molar-refractivity contribution in [3.05, 3.63) is 0 Å². The van der Waals surface area contributed by atoms with E-state index in [1.807, 2.05) is 14.0 Å². The Balaban J connectivity index is 1.64. The van der Waals surface area contributed by atoms with Crippen LogP contribution in [-0.2, 0) is 4.79 Å². The van der Waals surface area contributed by atoms with Gasteiger partial charge in [-0.2, -0.15) is 0 Å². The zero-order valence-corrected chi connectivity index (χ0v) is 10.5. The van der Waals surface area contributed by atoms with E-state index in [9.17, 15) is 4.79 Å². The van der Waals surface area contributed by atoms with Crippen LogP contribution in [0.2, 0.25) is 0 Å². The van der Waals surface area contributed by atoms with Gasteiger partial charge in [-0.25, -0.2) is 0 Å². The molecule has 2 aliphatic rings. The number of nitrogens with one attached hydrogen (secondary N) is 1. The number of rotatable bonds is 7. The summed E-state index contributed by atoms with van der Waals surface area (Å²) in [5.74, 6) is 3.02. The molecule has 0 radical (unpaired) electrons. The van der Waals surface area contributed by atoms with Gasteiger partial charge in [0.05, 0.1) is 6.54 Å². The maximum absolute atomic E-state index is 11.6. The van der Waals surface area contributed by atoms with Gasteiger partial charge in [0.1, 0.15) is 0 Å². The van der Waals surface area contributed by atoms with Gasteiger partial charge in [-0.3, -0.25) is 4.79 Å². The summed E-state index contributed by atoms with van der Waals surface area (Å²) in [6.45, 7) is 4.38. The van der Waals surface area contributed by atoms with Crippen LogP contribution in [0.15, 0.2) is 0 Å². The highest BCUT2D eigenvalue weighted by Crippen LogP contribution is 2.48. The molecule has 2 saturated carbocycles. The monoisotopic (exact) mass is 224 g/mol. The highest BCUT2D eigenvalue weighted by atomic mass is 16.2. The molecule has 0 aromatic heterocycles. The summed E-state index contributed by atoms with van der Waals surface area (Å²) in [6.07, 6.45) is 5.69. The largest absolute Gasteiger partial charge is 0.345 e. The number of carbonyl (C=O) groups excluding carboxylic acids is 1. The van der Waals surface area contributed by atoms with E-state index in [-0.39, 0.29) is 5.91 Å². The van der Waals surface area contributed by atoms with Crippen molar-refractivity contribution in [1.29, 1.82) is 0 Å². The molecule has 0 heterocycles. The SMILES string of the molecule is CCN(C)C(=O)CNCC(C1CC1)C1CC1. The molecular weight excluding hydrogens is 200 g/mol. The van der Waals surface area contributed by atoms with Crippen LogP contribution in [0.5, 0.6) is 0 Å². The van der Waals surface area contributed by atoms with Crippen LogP contribution in [0.3, 0.4) is 0 Å². The second kappa shape index (κ2) is 5.17. The molecule has 2 rings (SSSR count). The van der Waals surface area contributed by atoms with Gasteiger partial charge in [0.25, 0.3) is 0 Å². The maximum atomic E-state index is 11.6. The van der Waals surface area contributed by atoms with Crippen molar-refractivity contribution < 1.29 is 4.79 Å². The molecule has 92 valence electrons. The highest BCUT2D eigenvalue weighted by Gasteiger charge is 2.40. The highest BCUT2D eigenvalue weighted by molar-refractivity contribution is 5.77. The molecule has 0 aromatic rings. The lowest BCUT2D eigenvalue weighted by Crippen LogP contribution is -2.37. The number of hydrogen-bond acceptors (Lipinski definition) is 2. The van der Waals surface area contributed by atoms with Crippen LogP contribution in [0.4, 0.5) is 0 Å². The average Bonchev–Trinajstić information content (AvgIpc) is 3.15. The first-order chi connectivity index (χ1) is 7.72. The smallest absolute Gasteiger partial charge is 0.236 e. The summed E-state index contributed by atoms with van der Waals surface area (Å²) in [6, 6.07) is 0. The number of carbonyl (C=O) groups is 1. The first-order valence-electron chi connectivity index (χ1n) is 6.67. The van der Waals surface area contributed by atoms with Gasteiger partial charge in [-0.05, 0) is 56.9 Å². The van der Waals surface area contributed by atoms with Crippen LogP contribution in [0.1, 0.15) is 32.6 Å². The number of hydrogen-bond donors (Lipinski definition) is 1. The molecule has 1 N–H and O–H groups in total. The first-order valence-corrected chi connectivity index (χ1v) is 6.67. The van der Waals surface area contributed by atoms with Crippen molar-refractivity contribution in [2.45, 2.75) is 32.6 Å². The molecule has 3 heteroatoms. The fourth-order valence-electron chi connectivity index (χ4n) is 2.42. The number of likely N-dealkylation sites (N-methyl/N-ethyl adjacent to an activating group) is 1. The Hall–Kier alpha value is -0.570. The molecule has 0 aliphatic heterocycles. The molecule has 0 bridgehead atoms. The quantitative estimate of drug-likeness (QED) is 0.710. The molecule has 2 fully saturated rings. The zero-order valence-electron chi connectivity index (χ0n) is 10.5. The van der Waals surface area contributed by atoms with E-state index < -0.39 is 0 Å². The minimum absolute atomic E-state index is 0.216. The molecule has 0 unspecified atom stereocenters. The van der Waals surface area contributed by atoms with Gasteiger partial charge in [-0.15, -0.1) is 0 Å². The Bertz CT molecular complexity index is 234. The summed E-state index contributed by atoms with van der Waals surface area (Å²) in [5.41, 5.74) is 0. The Morgan fingerprint density at radius 1 is 1.31 bits per heavy atom. The van der Waals surface area contributed by atoms with Crippen LogP contribution >= 0.6 is 0 Å². The van der Waals surface area contributed by atoms with Crippen LogP contribution in [0.25, 0.3) is 0 Å². The predicted molar refractivity (Wildman–Crippen MR) is 65.1 cm³/mol. The number of nitrogens with zero attached hydrogens (tertiary/aromatic N) is 1. The first kappa shape index (κ1) is 11.9. The molecule has 0 aromatic carbocycles. The molecule has 0 saturated heterocycles. The lowest BCUT2D eigenvalue weighted by molar-refractivity contribution is -0.128. The summed E-state index contributed by atoms with van der Waals surface area (Å²) in [7, 11) is 1.86. The van der Waals surface area contributed by atoms with E-state index in [0.29, 0.717) is 6.54 Å². The Labute approximate surface area is 98.6 Å². The summed E-state index contributed by atoms with van der Waals surface area (Å²) < 4.78 is 0. The van der Waals surface area contributed by atoms with Crippen molar-refractivity contribution in [2.24, 2.45) is 17.8 Å². The minimum Gasteiger partial charge on any atom is -0.345 e. The molecule has 1 amide bonds. The lowest BCUT2D eigenvalue weighted by atomic mass is 9.98. The Morgan fingerprint density at radius 3 is 2.31 bits per heavy atom. The normalized spacial score (nSPS) is 20.2. The third-order valence-electron chi connectivity index (χ3n) is 4.01. The topological polar surface area (TPSA) is 32.3 Å². The fraction of sp³-hybridized carbons (Fsp3) is 0.923. The second-order valence-electron chi connectivity index (χ2n) is 5.38. The van der Waals surface area contributed by atoms with Gasteiger partial charge in [0, 0.05) is 13.6 Å². The molecule has 0 spiro atoms. The Morgan fingerprint density at radius 2 is 1.88 bits per heavy atom. The second-order valence-corrected chi connectivity index (χ2v) is 5.38. The van der Waals surface area contributed by atoms with Gasteiger partial charge in [-0.1, -0.05) is 0 Å². The van der Waals surface area contributed by atoms with Crippen molar-refractivity contribution in [3.63, 3.8) is 0 Å². The van der Waals surface area contributed by atoms with Crippen LogP contribution in [0, 0.1) is 17.8 Å². The lowest BCUT2D eigenvalue weighted by Gasteiger charge is -2.18. The molecule has 0 atom stereocenters. The summed E-state index contributed by atoms with van der Waals surface area (Å²) >= 11 is 0.